The third-order valence-corrected chi connectivity index (χ3v) is 4.62. The number of amides is 1. The lowest BCUT2D eigenvalue weighted by Crippen LogP contribution is -2.45. The molecule has 0 saturated carbocycles. The van der Waals surface area contributed by atoms with Gasteiger partial charge in [-0.3, -0.25) is 9.69 Å². The van der Waals surface area contributed by atoms with Crippen LogP contribution < -0.4 is 5.32 Å². The molecule has 1 amide bonds. The predicted octanol–water partition coefficient (Wildman–Crippen LogP) is 3.22. The van der Waals surface area contributed by atoms with E-state index in [1.54, 1.807) is 0 Å². The van der Waals surface area contributed by atoms with Crippen LogP contribution in [0.3, 0.4) is 0 Å². The fraction of sp³-hybridized carbons (Fsp3) is 0.650. The lowest BCUT2D eigenvalue weighted by molar-refractivity contribution is -0.132. The van der Waals surface area contributed by atoms with Gasteiger partial charge < -0.3 is 10.1 Å². The molecule has 1 aromatic rings. The van der Waals surface area contributed by atoms with Gasteiger partial charge in [0.25, 0.3) is 0 Å². The van der Waals surface area contributed by atoms with Crippen molar-refractivity contribution >= 4 is 5.91 Å². The van der Waals surface area contributed by atoms with E-state index in [1.807, 2.05) is 37.3 Å². The Balaban J connectivity index is 1.76. The van der Waals surface area contributed by atoms with E-state index in [2.05, 4.69) is 24.1 Å². The van der Waals surface area contributed by atoms with Gasteiger partial charge in [-0.2, -0.15) is 0 Å². The highest BCUT2D eigenvalue weighted by Crippen LogP contribution is 2.17. The lowest BCUT2D eigenvalue weighted by atomic mass is 10.0. The van der Waals surface area contributed by atoms with E-state index in [0.29, 0.717) is 18.6 Å². The van der Waals surface area contributed by atoms with Gasteiger partial charge in [-0.15, -0.1) is 0 Å². The molecule has 0 bridgehead atoms. The summed E-state index contributed by atoms with van der Waals surface area (Å²) < 4.78 is 5.70. The normalized spacial score (nSPS) is 17.8. The minimum atomic E-state index is -0.427. The molecule has 1 saturated heterocycles. The molecule has 1 heterocycles. The first-order chi connectivity index (χ1) is 11.6. The summed E-state index contributed by atoms with van der Waals surface area (Å²) in [5.74, 6) is 0.623. The monoisotopic (exact) mass is 332 g/mol. The van der Waals surface area contributed by atoms with Crippen LogP contribution in [0.25, 0.3) is 0 Å². The molecule has 1 aromatic carbocycles. The quantitative estimate of drug-likeness (QED) is 0.755. The molecule has 1 fully saturated rings. The first kappa shape index (κ1) is 18.9. The number of nitrogens with zero attached hydrogens (tertiary/aromatic N) is 1. The average Bonchev–Trinajstić information content (AvgIpc) is 3.11. The van der Waals surface area contributed by atoms with Crippen molar-refractivity contribution in [3.63, 3.8) is 0 Å². The van der Waals surface area contributed by atoms with E-state index in [1.165, 1.54) is 12.8 Å². The number of likely N-dealkylation sites (tertiary alicyclic amines) is 1. The predicted molar refractivity (Wildman–Crippen MR) is 97.8 cm³/mol. The molecule has 24 heavy (non-hydrogen) atoms. The van der Waals surface area contributed by atoms with E-state index in [-0.39, 0.29) is 5.91 Å². The molecule has 0 aliphatic carbocycles. The van der Waals surface area contributed by atoms with Crippen LogP contribution in [0.5, 0.6) is 0 Å². The number of hydrogen-bond acceptors (Lipinski definition) is 3. The molecule has 1 aliphatic heterocycles. The Morgan fingerprint density at radius 2 is 1.83 bits per heavy atom. The molecule has 4 heteroatoms. The van der Waals surface area contributed by atoms with Crippen LogP contribution >= 0.6 is 0 Å². The van der Waals surface area contributed by atoms with Gasteiger partial charge in [0.1, 0.15) is 6.10 Å². The summed E-state index contributed by atoms with van der Waals surface area (Å²) in [6, 6.07) is 10.4. The maximum Gasteiger partial charge on any atom is 0.248 e. The van der Waals surface area contributed by atoms with Crippen LogP contribution in [0, 0.1) is 5.92 Å². The number of carbonyl (C=O) groups excluding carboxylic acids is 1. The third-order valence-electron chi connectivity index (χ3n) is 4.62. The zero-order valence-electron chi connectivity index (χ0n) is 15.3. The van der Waals surface area contributed by atoms with Gasteiger partial charge in [0, 0.05) is 12.6 Å². The Kier molecular flexibility index (Phi) is 7.73. The molecule has 134 valence electrons. The van der Waals surface area contributed by atoms with E-state index >= 15 is 0 Å². The van der Waals surface area contributed by atoms with Gasteiger partial charge >= 0.3 is 0 Å². The number of rotatable bonds is 9. The zero-order valence-corrected chi connectivity index (χ0v) is 15.3. The molecular formula is C20H32N2O2. The Labute approximate surface area is 146 Å². The van der Waals surface area contributed by atoms with E-state index < -0.39 is 6.10 Å². The van der Waals surface area contributed by atoms with Crippen molar-refractivity contribution in [1.29, 1.82) is 0 Å². The van der Waals surface area contributed by atoms with Crippen LogP contribution in [0.1, 0.15) is 45.6 Å². The largest absolute Gasteiger partial charge is 0.364 e. The fourth-order valence-electron chi connectivity index (χ4n) is 3.25. The number of nitrogens with one attached hydrogen (secondary N) is 1. The Morgan fingerprint density at radius 3 is 2.46 bits per heavy atom. The molecular weight excluding hydrogens is 300 g/mol. The second kappa shape index (κ2) is 9.80. The first-order valence-electron chi connectivity index (χ1n) is 9.23. The van der Waals surface area contributed by atoms with Gasteiger partial charge in [0.15, 0.2) is 0 Å². The maximum absolute atomic E-state index is 12.3. The van der Waals surface area contributed by atoms with Crippen LogP contribution in [-0.4, -0.2) is 42.6 Å². The number of benzene rings is 1. The second-order valence-electron chi connectivity index (χ2n) is 7.21. The van der Waals surface area contributed by atoms with Crippen molar-refractivity contribution in [3.05, 3.63) is 35.9 Å². The molecule has 0 spiro atoms. The minimum absolute atomic E-state index is 0.0149. The van der Waals surface area contributed by atoms with Crippen LogP contribution in [0.4, 0.5) is 0 Å². The summed E-state index contributed by atoms with van der Waals surface area (Å²) in [5.41, 5.74) is 1.09. The fourth-order valence-corrected chi connectivity index (χ4v) is 3.25. The molecule has 1 N–H and O–H groups in total. The smallest absolute Gasteiger partial charge is 0.248 e. The summed E-state index contributed by atoms with van der Waals surface area (Å²) in [5, 5.41) is 3.10. The van der Waals surface area contributed by atoms with Crippen molar-refractivity contribution in [2.45, 2.75) is 58.8 Å². The number of ether oxygens (including phenoxy) is 1. The van der Waals surface area contributed by atoms with E-state index in [9.17, 15) is 4.79 Å². The topological polar surface area (TPSA) is 41.6 Å². The van der Waals surface area contributed by atoms with Crippen molar-refractivity contribution in [2.24, 2.45) is 5.92 Å². The molecule has 1 aliphatic rings. The van der Waals surface area contributed by atoms with Gasteiger partial charge in [0.2, 0.25) is 5.91 Å². The molecule has 2 atom stereocenters. The third kappa shape index (κ3) is 6.25. The summed E-state index contributed by atoms with van der Waals surface area (Å²) in [4.78, 5) is 14.8. The summed E-state index contributed by atoms with van der Waals surface area (Å²) >= 11 is 0. The highest BCUT2D eigenvalue weighted by molar-refractivity contribution is 5.80. The van der Waals surface area contributed by atoms with Crippen LogP contribution in [-0.2, 0) is 16.1 Å². The molecule has 4 nitrogen and oxygen atoms in total. The molecule has 0 radical (unpaired) electrons. The van der Waals surface area contributed by atoms with Crippen molar-refractivity contribution in [3.8, 4) is 0 Å². The standard InChI is InChI=1S/C20H32N2O2/c1-16(2)13-19(22-11-7-8-12-22)14-21-20(23)17(3)24-15-18-9-5-4-6-10-18/h4-6,9-10,16-17,19H,7-8,11-15H2,1-3H3,(H,21,23). The molecule has 2 rings (SSSR count). The van der Waals surface area contributed by atoms with E-state index in [4.69, 9.17) is 4.74 Å². The van der Waals surface area contributed by atoms with Crippen LogP contribution in [0.2, 0.25) is 0 Å². The molecule has 0 aromatic heterocycles. The SMILES string of the molecule is CC(C)CC(CNC(=O)C(C)OCc1ccccc1)N1CCCC1. The molecule has 2 unspecified atom stereocenters. The average molecular weight is 332 g/mol. The number of hydrogen-bond donors (Lipinski definition) is 1. The van der Waals surface area contributed by atoms with Crippen molar-refractivity contribution in [2.75, 3.05) is 19.6 Å². The first-order valence-corrected chi connectivity index (χ1v) is 9.23. The minimum Gasteiger partial charge on any atom is -0.364 e. The Morgan fingerprint density at radius 1 is 1.17 bits per heavy atom. The Hall–Kier alpha value is -1.39. The van der Waals surface area contributed by atoms with Gasteiger partial charge in [-0.05, 0) is 50.8 Å². The highest BCUT2D eigenvalue weighted by Gasteiger charge is 2.24. The van der Waals surface area contributed by atoms with Crippen LogP contribution in [0.15, 0.2) is 30.3 Å². The van der Waals surface area contributed by atoms with Gasteiger partial charge in [-0.1, -0.05) is 44.2 Å². The van der Waals surface area contributed by atoms with Crippen molar-refractivity contribution < 1.29 is 9.53 Å². The van der Waals surface area contributed by atoms with Crippen molar-refractivity contribution in [1.82, 2.24) is 10.2 Å². The maximum atomic E-state index is 12.3. The van der Waals surface area contributed by atoms with E-state index in [0.717, 1.165) is 31.6 Å². The highest BCUT2D eigenvalue weighted by atomic mass is 16.5. The number of carbonyl (C=O) groups is 1. The second-order valence-corrected chi connectivity index (χ2v) is 7.21. The Bertz CT molecular complexity index is 484. The van der Waals surface area contributed by atoms with Gasteiger partial charge in [-0.25, -0.2) is 0 Å². The van der Waals surface area contributed by atoms with Gasteiger partial charge in [0.05, 0.1) is 6.61 Å². The zero-order chi connectivity index (χ0) is 17.4. The lowest BCUT2D eigenvalue weighted by Gasteiger charge is -2.29. The summed E-state index contributed by atoms with van der Waals surface area (Å²) in [6.45, 7) is 9.83. The summed E-state index contributed by atoms with van der Waals surface area (Å²) in [6.07, 6.45) is 3.25. The summed E-state index contributed by atoms with van der Waals surface area (Å²) in [7, 11) is 0.